The van der Waals surface area contributed by atoms with Crippen molar-refractivity contribution in [2.75, 3.05) is 6.54 Å². The Labute approximate surface area is 166 Å². The Balaban J connectivity index is 1.41. The molecule has 1 atom stereocenters. The largest absolute Gasteiger partial charge is 0.451 e. The van der Waals surface area contributed by atoms with Gasteiger partial charge in [-0.2, -0.15) is 13.2 Å². The van der Waals surface area contributed by atoms with Crippen LogP contribution in [0.2, 0.25) is 0 Å². The van der Waals surface area contributed by atoms with E-state index in [-0.39, 0.29) is 44.2 Å². The molecule has 0 saturated heterocycles. The van der Waals surface area contributed by atoms with Crippen molar-refractivity contribution in [1.82, 2.24) is 24.6 Å². The first-order chi connectivity index (χ1) is 14.1. The van der Waals surface area contributed by atoms with Crippen molar-refractivity contribution in [2.45, 2.75) is 38.1 Å². The van der Waals surface area contributed by atoms with Crippen LogP contribution in [0.1, 0.15) is 23.6 Å². The summed E-state index contributed by atoms with van der Waals surface area (Å²) in [5, 5.41) is 7.20. The molecule has 0 fully saturated rings. The second kappa shape index (κ2) is 7.35. The standard InChI is InChI=1S/C18H17F5N6O/c19-12-5-11-9(7-25-14(11)6-13(12)20)3-10(24)4-16(30)28-1-2-29-15(8-28)26-27-17(29)18(21,22)23/h5-7,10,25H,1-4,8,24H2. The van der Waals surface area contributed by atoms with Crippen LogP contribution in [-0.4, -0.2) is 43.1 Å². The molecular weight excluding hydrogens is 411 g/mol. The van der Waals surface area contributed by atoms with Gasteiger partial charge in [0.15, 0.2) is 17.5 Å². The summed E-state index contributed by atoms with van der Waals surface area (Å²) in [6.07, 6.45) is -2.85. The van der Waals surface area contributed by atoms with Gasteiger partial charge in [0.1, 0.15) is 0 Å². The van der Waals surface area contributed by atoms with E-state index in [1.54, 1.807) is 6.20 Å². The number of amides is 1. The predicted molar refractivity (Wildman–Crippen MR) is 95.0 cm³/mol. The third-order valence-electron chi connectivity index (χ3n) is 5.09. The minimum absolute atomic E-state index is 0.0589. The van der Waals surface area contributed by atoms with Crippen LogP contribution < -0.4 is 5.73 Å². The number of halogens is 5. The SMILES string of the molecule is NC(CC(=O)N1CCn2c(nnc2C(F)(F)F)C1)Cc1c[nH]c2cc(F)c(F)cc12. The number of fused-ring (bicyclic) bond motifs is 2. The Hall–Kier alpha value is -3.02. The predicted octanol–water partition coefficient (Wildman–Crippen LogP) is 2.36. The molecule has 3 N–H and O–H groups in total. The molecule has 160 valence electrons. The summed E-state index contributed by atoms with van der Waals surface area (Å²) in [5.74, 6) is -3.30. The van der Waals surface area contributed by atoms with Gasteiger partial charge in [-0.1, -0.05) is 0 Å². The van der Waals surface area contributed by atoms with Crippen LogP contribution in [-0.2, 0) is 30.5 Å². The van der Waals surface area contributed by atoms with E-state index in [1.165, 1.54) is 4.90 Å². The van der Waals surface area contributed by atoms with E-state index in [1.807, 2.05) is 0 Å². The number of rotatable bonds is 4. The van der Waals surface area contributed by atoms with Crippen molar-refractivity contribution >= 4 is 16.8 Å². The smallest absolute Gasteiger partial charge is 0.361 e. The number of hydrogen-bond acceptors (Lipinski definition) is 4. The minimum atomic E-state index is -4.61. The molecule has 0 aliphatic carbocycles. The molecule has 3 heterocycles. The topological polar surface area (TPSA) is 92.8 Å². The molecule has 1 amide bonds. The van der Waals surface area contributed by atoms with Crippen molar-refractivity contribution in [3.63, 3.8) is 0 Å². The zero-order valence-corrected chi connectivity index (χ0v) is 15.5. The number of carbonyl (C=O) groups is 1. The maximum Gasteiger partial charge on any atom is 0.451 e. The van der Waals surface area contributed by atoms with Gasteiger partial charge in [0.05, 0.1) is 6.54 Å². The van der Waals surface area contributed by atoms with Gasteiger partial charge in [-0.05, 0) is 18.1 Å². The van der Waals surface area contributed by atoms with E-state index in [0.717, 1.165) is 16.7 Å². The van der Waals surface area contributed by atoms with Crippen LogP contribution in [0.4, 0.5) is 22.0 Å². The van der Waals surface area contributed by atoms with E-state index < -0.39 is 29.7 Å². The minimum Gasteiger partial charge on any atom is -0.361 e. The molecular formula is C18H17F5N6O. The van der Waals surface area contributed by atoms with Gasteiger partial charge in [0.25, 0.3) is 0 Å². The first-order valence-corrected chi connectivity index (χ1v) is 9.11. The van der Waals surface area contributed by atoms with E-state index in [9.17, 15) is 26.7 Å². The number of nitrogens with two attached hydrogens (primary N) is 1. The van der Waals surface area contributed by atoms with Gasteiger partial charge in [0, 0.05) is 48.7 Å². The normalized spacial score (nSPS) is 15.5. The molecule has 12 heteroatoms. The zero-order valence-electron chi connectivity index (χ0n) is 15.5. The Bertz CT molecular complexity index is 1100. The lowest BCUT2D eigenvalue weighted by atomic mass is 10.0. The Morgan fingerprint density at radius 2 is 1.93 bits per heavy atom. The maximum absolute atomic E-state index is 13.5. The van der Waals surface area contributed by atoms with Crippen LogP contribution in [0.5, 0.6) is 0 Å². The summed E-state index contributed by atoms with van der Waals surface area (Å²) >= 11 is 0. The molecule has 1 aromatic carbocycles. The van der Waals surface area contributed by atoms with Crippen LogP contribution in [0.15, 0.2) is 18.3 Å². The van der Waals surface area contributed by atoms with Crippen LogP contribution in [0.3, 0.4) is 0 Å². The number of benzene rings is 1. The number of carbonyl (C=O) groups excluding carboxylic acids is 1. The lowest BCUT2D eigenvalue weighted by Gasteiger charge is -2.29. The Kier molecular flexibility index (Phi) is 4.96. The van der Waals surface area contributed by atoms with Gasteiger partial charge >= 0.3 is 6.18 Å². The number of aromatic nitrogens is 4. The number of aromatic amines is 1. The lowest BCUT2D eigenvalue weighted by molar-refractivity contribution is -0.148. The summed E-state index contributed by atoms with van der Waals surface area (Å²) in [7, 11) is 0. The van der Waals surface area contributed by atoms with Gasteiger partial charge in [-0.15, -0.1) is 10.2 Å². The van der Waals surface area contributed by atoms with Gasteiger partial charge in [0.2, 0.25) is 11.7 Å². The van der Waals surface area contributed by atoms with Crippen LogP contribution >= 0.6 is 0 Å². The van der Waals surface area contributed by atoms with Crippen LogP contribution in [0, 0.1) is 11.6 Å². The number of nitrogens with one attached hydrogen (secondary N) is 1. The first-order valence-electron chi connectivity index (χ1n) is 9.11. The number of H-pyrrole nitrogens is 1. The van der Waals surface area contributed by atoms with Crippen molar-refractivity contribution in [2.24, 2.45) is 5.73 Å². The molecule has 1 unspecified atom stereocenters. The average molecular weight is 428 g/mol. The maximum atomic E-state index is 13.5. The van der Waals surface area contributed by atoms with Crippen molar-refractivity contribution < 1.29 is 26.7 Å². The summed E-state index contributed by atoms with van der Waals surface area (Å²) in [5.41, 5.74) is 7.13. The second-order valence-corrected chi connectivity index (χ2v) is 7.20. The highest BCUT2D eigenvalue weighted by atomic mass is 19.4. The molecule has 1 aliphatic rings. The number of nitrogens with zero attached hydrogens (tertiary/aromatic N) is 4. The third-order valence-corrected chi connectivity index (χ3v) is 5.09. The number of alkyl halides is 3. The lowest BCUT2D eigenvalue weighted by Crippen LogP contribution is -2.42. The molecule has 0 saturated carbocycles. The molecule has 7 nitrogen and oxygen atoms in total. The molecule has 1 aliphatic heterocycles. The monoisotopic (exact) mass is 428 g/mol. The highest BCUT2D eigenvalue weighted by molar-refractivity contribution is 5.83. The third kappa shape index (κ3) is 3.74. The zero-order chi connectivity index (χ0) is 21.6. The summed E-state index contributed by atoms with van der Waals surface area (Å²) in [6, 6.07) is 1.50. The fourth-order valence-corrected chi connectivity index (χ4v) is 3.63. The Morgan fingerprint density at radius 1 is 1.20 bits per heavy atom. The highest BCUT2D eigenvalue weighted by Gasteiger charge is 2.40. The van der Waals surface area contributed by atoms with Crippen LogP contribution in [0.25, 0.3) is 10.9 Å². The van der Waals surface area contributed by atoms with E-state index in [2.05, 4.69) is 15.2 Å². The van der Waals surface area contributed by atoms with E-state index in [4.69, 9.17) is 5.73 Å². The Morgan fingerprint density at radius 3 is 2.67 bits per heavy atom. The fraction of sp³-hybridized carbons (Fsp3) is 0.389. The molecule has 0 bridgehead atoms. The highest BCUT2D eigenvalue weighted by Crippen LogP contribution is 2.29. The van der Waals surface area contributed by atoms with Gasteiger partial charge in [-0.3, -0.25) is 4.79 Å². The first kappa shape index (κ1) is 20.3. The summed E-state index contributed by atoms with van der Waals surface area (Å²) in [6.45, 7) is -0.0745. The van der Waals surface area contributed by atoms with E-state index >= 15 is 0 Å². The van der Waals surface area contributed by atoms with Crippen molar-refractivity contribution in [3.05, 3.63) is 47.2 Å². The molecule has 0 spiro atoms. The molecule has 0 radical (unpaired) electrons. The van der Waals surface area contributed by atoms with Gasteiger partial charge < -0.3 is 20.2 Å². The average Bonchev–Trinajstić information content (AvgIpc) is 3.26. The summed E-state index contributed by atoms with van der Waals surface area (Å²) in [4.78, 5) is 16.8. The summed E-state index contributed by atoms with van der Waals surface area (Å²) < 4.78 is 66.5. The second-order valence-electron chi connectivity index (χ2n) is 7.20. The fourth-order valence-electron chi connectivity index (χ4n) is 3.63. The van der Waals surface area contributed by atoms with Crippen molar-refractivity contribution in [1.29, 1.82) is 0 Å². The molecule has 30 heavy (non-hydrogen) atoms. The van der Waals surface area contributed by atoms with Gasteiger partial charge in [-0.25, -0.2) is 8.78 Å². The quantitative estimate of drug-likeness (QED) is 0.624. The molecule has 4 rings (SSSR count). The molecule has 3 aromatic rings. The number of hydrogen-bond donors (Lipinski definition) is 2. The van der Waals surface area contributed by atoms with E-state index in [0.29, 0.717) is 16.5 Å². The molecule has 2 aromatic heterocycles. The van der Waals surface area contributed by atoms with Crippen molar-refractivity contribution in [3.8, 4) is 0 Å².